The lowest BCUT2D eigenvalue weighted by Gasteiger charge is -2.21. The van der Waals surface area contributed by atoms with Gasteiger partial charge in [0.15, 0.2) is 0 Å². The summed E-state index contributed by atoms with van der Waals surface area (Å²) < 4.78 is 23.6. The molecule has 29 heavy (non-hydrogen) atoms. The molecular formula is C22H26BClO5. The molecule has 0 spiro atoms. The van der Waals surface area contributed by atoms with E-state index in [0.29, 0.717) is 48.0 Å². The van der Waals surface area contributed by atoms with Crippen LogP contribution in [-0.2, 0) is 20.7 Å². The van der Waals surface area contributed by atoms with Crippen LogP contribution in [0, 0.1) is 0 Å². The van der Waals surface area contributed by atoms with Crippen LogP contribution in [0.5, 0.6) is 5.75 Å². The quantitative estimate of drug-likeness (QED) is 0.351. The molecule has 2 aromatic rings. The Balaban J connectivity index is 1.61. The molecule has 3 rings (SSSR count). The third kappa shape index (κ3) is 5.61. The summed E-state index contributed by atoms with van der Waals surface area (Å²) in [4.78, 5) is 11.6. The van der Waals surface area contributed by atoms with Crippen molar-refractivity contribution >= 4 is 30.5 Å². The van der Waals surface area contributed by atoms with Crippen molar-refractivity contribution in [2.45, 2.75) is 45.5 Å². The largest absolute Gasteiger partial charge is 0.499 e. The SMILES string of the molecule is CC1OB(c2c(C=O)cc(Cl)cc2OCCCOCc2ccccc2)OC1(C)C. The van der Waals surface area contributed by atoms with Crippen molar-refractivity contribution in [3.8, 4) is 5.75 Å². The minimum absolute atomic E-state index is 0.123. The van der Waals surface area contributed by atoms with Crippen LogP contribution >= 0.6 is 11.6 Å². The van der Waals surface area contributed by atoms with Gasteiger partial charge in [-0.1, -0.05) is 41.9 Å². The van der Waals surface area contributed by atoms with Gasteiger partial charge in [0.1, 0.15) is 12.0 Å². The van der Waals surface area contributed by atoms with Crippen LogP contribution in [0.1, 0.15) is 43.1 Å². The van der Waals surface area contributed by atoms with Gasteiger partial charge in [0.2, 0.25) is 0 Å². The molecule has 0 saturated carbocycles. The Labute approximate surface area is 177 Å². The second kappa shape index (κ2) is 9.76. The highest BCUT2D eigenvalue weighted by Crippen LogP contribution is 2.30. The number of rotatable bonds is 9. The fraction of sp³-hybridized carbons (Fsp3) is 0.409. The Kier molecular flexibility index (Phi) is 7.36. The number of carbonyl (C=O) groups excluding carboxylic acids is 1. The Morgan fingerprint density at radius 1 is 1.21 bits per heavy atom. The highest BCUT2D eigenvalue weighted by atomic mass is 35.5. The Bertz CT molecular complexity index is 827. The molecular weight excluding hydrogens is 391 g/mol. The molecule has 1 aliphatic heterocycles. The van der Waals surface area contributed by atoms with Crippen LogP contribution in [-0.4, -0.2) is 38.3 Å². The molecule has 5 nitrogen and oxygen atoms in total. The van der Waals surface area contributed by atoms with Crippen molar-refractivity contribution < 1.29 is 23.6 Å². The molecule has 0 aromatic heterocycles. The second-order valence-corrected chi connectivity index (χ2v) is 8.03. The fourth-order valence-electron chi connectivity index (χ4n) is 3.07. The number of aldehydes is 1. The molecule has 1 unspecified atom stereocenters. The number of hydrogen-bond acceptors (Lipinski definition) is 5. The lowest BCUT2D eigenvalue weighted by atomic mass is 9.75. The first-order valence-corrected chi connectivity index (χ1v) is 10.1. The van der Waals surface area contributed by atoms with Gasteiger partial charge in [-0.3, -0.25) is 4.79 Å². The lowest BCUT2D eigenvalue weighted by molar-refractivity contribution is 0.0842. The summed E-state index contributed by atoms with van der Waals surface area (Å²) in [5, 5.41) is 0.427. The van der Waals surface area contributed by atoms with Gasteiger partial charge in [-0.2, -0.15) is 0 Å². The van der Waals surface area contributed by atoms with E-state index >= 15 is 0 Å². The number of benzene rings is 2. The third-order valence-electron chi connectivity index (χ3n) is 5.02. The minimum atomic E-state index is -0.679. The van der Waals surface area contributed by atoms with E-state index in [1.807, 2.05) is 51.1 Å². The van der Waals surface area contributed by atoms with Crippen molar-refractivity contribution in [1.82, 2.24) is 0 Å². The first-order chi connectivity index (χ1) is 13.9. The van der Waals surface area contributed by atoms with E-state index in [-0.39, 0.29) is 6.10 Å². The molecule has 1 heterocycles. The lowest BCUT2D eigenvalue weighted by Crippen LogP contribution is -2.38. The Morgan fingerprint density at radius 2 is 1.97 bits per heavy atom. The predicted molar refractivity (Wildman–Crippen MR) is 114 cm³/mol. The maximum absolute atomic E-state index is 11.6. The number of carbonyl (C=O) groups is 1. The van der Waals surface area contributed by atoms with E-state index in [9.17, 15) is 4.79 Å². The molecule has 154 valence electrons. The van der Waals surface area contributed by atoms with Crippen molar-refractivity contribution in [3.63, 3.8) is 0 Å². The number of hydrogen-bond donors (Lipinski definition) is 0. The number of halogens is 1. The Morgan fingerprint density at radius 3 is 2.62 bits per heavy atom. The zero-order valence-electron chi connectivity index (χ0n) is 17.0. The maximum atomic E-state index is 11.6. The van der Waals surface area contributed by atoms with Crippen LogP contribution in [0.3, 0.4) is 0 Å². The van der Waals surface area contributed by atoms with Crippen molar-refractivity contribution in [3.05, 3.63) is 58.6 Å². The maximum Gasteiger partial charge on any atom is 0.499 e. The normalized spacial score (nSPS) is 18.1. The fourth-order valence-corrected chi connectivity index (χ4v) is 3.28. The average molecular weight is 417 g/mol. The van der Waals surface area contributed by atoms with Crippen molar-refractivity contribution in [2.24, 2.45) is 0 Å². The van der Waals surface area contributed by atoms with Gasteiger partial charge in [0.25, 0.3) is 0 Å². The first-order valence-electron chi connectivity index (χ1n) is 9.77. The molecule has 1 saturated heterocycles. The molecule has 1 aliphatic rings. The van der Waals surface area contributed by atoms with Gasteiger partial charge in [-0.25, -0.2) is 0 Å². The molecule has 2 aromatic carbocycles. The molecule has 7 heteroatoms. The molecule has 0 bridgehead atoms. The molecule has 0 radical (unpaired) electrons. The van der Waals surface area contributed by atoms with E-state index in [1.165, 1.54) is 0 Å². The summed E-state index contributed by atoms with van der Waals surface area (Å²) in [5.41, 5.74) is 1.65. The minimum Gasteiger partial charge on any atom is -0.494 e. The standard InChI is InChI=1S/C22H26BClO5/c1-16-22(2,3)29-23(28-16)21-18(14-25)12-19(24)13-20(21)27-11-7-10-26-15-17-8-5-4-6-9-17/h4-6,8-9,12-14,16H,7,10-11,15H2,1-3H3. The van der Waals surface area contributed by atoms with Gasteiger partial charge in [0, 0.05) is 22.5 Å². The number of ether oxygens (including phenoxy) is 2. The van der Waals surface area contributed by atoms with Crippen LogP contribution < -0.4 is 10.2 Å². The smallest absolute Gasteiger partial charge is 0.494 e. The monoisotopic (exact) mass is 416 g/mol. The van der Waals surface area contributed by atoms with Crippen LogP contribution in [0.25, 0.3) is 0 Å². The molecule has 0 N–H and O–H groups in total. The summed E-state index contributed by atoms with van der Waals surface area (Å²) in [6, 6.07) is 13.3. The topological polar surface area (TPSA) is 54.0 Å². The average Bonchev–Trinajstić information content (AvgIpc) is 2.97. The highest BCUT2D eigenvalue weighted by Gasteiger charge is 2.46. The van der Waals surface area contributed by atoms with Crippen molar-refractivity contribution in [2.75, 3.05) is 13.2 Å². The Hall–Kier alpha value is -1.86. The second-order valence-electron chi connectivity index (χ2n) is 7.60. The van der Waals surface area contributed by atoms with E-state index in [0.717, 1.165) is 11.8 Å². The van der Waals surface area contributed by atoms with Crippen LogP contribution in [0.15, 0.2) is 42.5 Å². The predicted octanol–water partition coefficient (Wildman–Crippen LogP) is 4.05. The van der Waals surface area contributed by atoms with Gasteiger partial charge in [0.05, 0.1) is 31.5 Å². The first kappa shape index (κ1) is 21.8. The van der Waals surface area contributed by atoms with E-state index in [4.69, 9.17) is 30.4 Å². The summed E-state index contributed by atoms with van der Waals surface area (Å²) in [6.45, 7) is 7.41. The molecule has 1 atom stereocenters. The van der Waals surface area contributed by atoms with E-state index in [1.54, 1.807) is 12.1 Å². The van der Waals surface area contributed by atoms with Crippen LogP contribution in [0.2, 0.25) is 5.02 Å². The zero-order valence-corrected chi connectivity index (χ0v) is 17.8. The van der Waals surface area contributed by atoms with Crippen molar-refractivity contribution in [1.29, 1.82) is 0 Å². The van der Waals surface area contributed by atoms with E-state index in [2.05, 4.69) is 0 Å². The summed E-state index contributed by atoms with van der Waals surface area (Å²) in [7, 11) is -0.679. The highest BCUT2D eigenvalue weighted by molar-refractivity contribution is 6.64. The molecule has 0 amide bonds. The van der Waals surface area contributed by atoms with Gasteiger partial charge in [-0.15, -0.1) is 0 Å². The van der Waals surface area contributed by atoms with Gasteiger partial charge >= 0.3 is 7.12 Å². The molecule has 1 fully saturated rings. The summed E-state index contributed by atoms with van der Waals surface area (Å²) in [5.74, 6) is 0.498. The van der Waals surface area contributed by atoms with E-state index < -0.39 is 12.7 Å². The third-order valence-corrected chi connectivity index (χ3v) is 5.24. The molecule has 0 aliphatic carbocycles. The summed E-state index contributed by atoms with van der Waals surface area (Å²) >= 11 is 6.18. The summed E-state index contributed by atoms with van der Waals surface area (Å²) in [6.07, 6.45) is 1.32. The zero-order chi connectivity index (χ0) is 20.9. The van der Waals surface area contributed by atoms with Gasteiger partial charge in [-0.05, 0) is 38.5 Å². The van der Waals surface area contributed by atoms with Gasteiger partial charge < -0.3 is 18.8 Å². The van der Waals surface area contributed by atoms with Crippen LogP contribution in [0.4, 0.5) is 0 Å².